The molecule has 0 fully saturated rings. The standard InChI is InChI=1S/C18H29N3O3/c1-5-6-15(16(22)23)20-17(24)19-12-11-13-7-9-14(10-8-13)21-18(2,3)4/h7-10,15,21H,5-6,11-12H2,1-4H3,(H,22,23)(H2,19,20,24)/t15-/m0/s1. The highest BCUT2D eigenvalue weighted by Gasteiger charge is 2.18. The van der Waals surface area contributed by atoms with E-state index in [-0.39, 0.29) is 5.54 Å². The van der Waals surface area contributed by atoms with Crippen molar-refractivity contribution >= 4 is 17.7 Å². The quantitative estimate of drug-likeness (QED) is 0.588. The van der Waals surface area contributed by atoms with Gasteiger partial charge in [0.15, 0.2) is 0 Å². The van der Waals surface area contributed by atoms with Crippen molar-refractivity contribution in [3.63, 3.8) is 0 Å². The summed E-state index contributed by atoms with van der Waals surface area (Å²) in [6.45, 7) is 8.65. The fraction of sp³-hybridized carbons (Fsp3) is 0.556. The van der Waals surface area contributed by atoms with Gasteiger partial charge < -0.3 is 21.1 Å². The number of rotatable bonds is 8. The molecular weight excluding hydrogens is 306 g/mol. The molecule has 0 aliphatic rings. The number of hydrogen-bond acceptors (Lipinski definition) is 3. The molecule has 4 N–H and O–H groups in total. The number of benzene rings is 1. The van der Waals surface area contributed by atoms with Crippen LogP contribution >= 0.6 is 0 Å². The fourth-order valence-corrected chi connectivity index (χ4v) is 2.26. The van der Waals surface area contributed by atoms with E-state index in [4.69, 9.17) is 5.11 Å². The second kappa shape index (κ2) is 9.15. The highest BCUT2D eigenvalue weighted by Crippen LogP contribution is 2.15. The van der Waals surface area contributed by atoms with Crippen LogP contribution in [0.2, 0.25) is 0 Å². The molecule has 0 radical (unpaired) electrons. The number of carbonyl (C=O) groups excluding carboxylic acids is 1. The van der Waals surface area contributed by atoms with Crippen LogP contribution in [0.4, 0.5) is 10.5 Å². The van der Waals surface area contributed by atoms with Crippen LogP contribution in [0, 0.1) is 0 Å². The molecule has 0 aliphatic heterocycles. The third-order valence-electron chi connectivity index (χ3n) is 3.35. The topological polar surface area (TPSA) is 90.5 Å². The van der Waals surface area contributed by atoms with Crippen LogP contribution in [0.1, 0.15) is 46.1 Å². The van der Waals surface area contributed by atoms with Crippen LogP contribution in [0.15, 0.2) is 24.3 Å². The van der Waals surface area contributed by atoms with Crippen molar-refractivity contribution in [2.75, 3.05) is 11.9 Å². The summed E-state index contributed by atoms with van der Waals surface area (Å²) in [5.41, 5.74) is 2.18. The van der Waals surface area contributed by atoms with Gasteiger partial charge in [-0.25, -0.2) is 9.59 Å². The maximum absolute atomic E-state index is 11.7. The van der Waals surface area contributed by atoms with Gasteiger partial charge in [0.25, 0.3) is 0 Å². The van der Waals surface area contributed by atoms with E-state index in [0.29, 0.717) is 25.8 Å². The number of nitrogens with one attached hydrogen (secondary N) is 3. The Kier molecular flexibility index (Phi) is 7.55. The van der Waals surface area contributed by atoms with Crippen LogP contribution in [-0.4, -0.2) is 35.2 Å². The van der Waals surface area contributed by atoms with Crippen molar-refractivity contribution in [3.05, 3.63) is 29.8 Å². The molecule has 6 heteroatoms. The predicted octanol–water partition coefficient (Wildman–Crippen LogP) is 2.99. The molecule has 0 heterocycles. The minimum atomic E-state index is -1.01. The van der Waals surface area contributed by atoms with Crippen molar-refractivity contribution < 1.29 is 14.7 Å². The summed E-state index contributed by atoms with van der Waals surface area (Å²) >= 11 is 0. The molecule has 0 aliphatic carbocycles. The number of carboxylic acids is 1. The van der Waals surface area contributed by atoms with Gasteiger partial charge in [0.05, 0.1) is 0 Å². The monoisotopic (exact) mass is 335 g/mol. The molecule has 1 atom stereocenters. The molecule has 1 aromatic rings. The summed E-state index contributed by atoms with van der Waals surface area (Å²) in [5.74, 6) is -1.01. The Morgan fingerprint density at radius 3 is 2.29 bits per heavy atom. The van der Waals surface area contributed by atoms with E-state index >= 15 is 0 Å². The number of hydrogen-bond donors (Lipinski definition) is 4. The van der Waals surface area contributed by atoms with Gasteiger partial charge in [0.1, 0.15) is 6.04 Å². The molecule has 24 heavy (non-hydrogen) atoms. The van der Waals surface area contributed by atoms with Crippen molar-refractivity contribution in [1.82, 2.24) is 10.6 Å². The summed E-state index contributed by atoms with van der Waals surface area (Å²) in [5, 5.41) is 17.6. The lowest BCUT2D eigenvalue weighted by Gasteiger charge is -2.22. The first-order valence-corrected chi connectivity index (χ1v) is 8.35. The van der Waals surface area contributed by atoms with Crippen LogP contribution in [0.25, 0.3) is 0 Å². The van der Waals surface area contributed by atoms with Crippen molar-refractivity contribution in [1.29, 1.82) is 0 Å². The van der Waals surface area contributed by atoms with Crippen LogP contribution in [0.3, 0.4) is 0 Å². The zero-order chi connectivity index (χ0) is 18.2. The highest BCUT2D eigenvalue weighted by molar-refractivity contribution is 5.82. The molecule has 6 nitrogen and oxygen atoms in total. The van der Waals surface area contributed by atoms with Gasteiger partial charge in [-0.05, 0) is 51.3 Å². The maximum Gasteiger partial charge on any atom is 0.326 e. The van der Waals surface area contributed by atoms with Gasteiger partial charge in [-0.1, -0.05) is 25.5 Å². The third-order valence-corrected chi connectivity index (χ3v) is 3.35. The molecule has 1 aromatic carbocycles. The van der Waals surface area contributed by atoms with Crippen molar-refractivity contribution in [2.45, 2.75) is 58.5 Å². The van der Waals surface area contributed by atoms with Gasteiger partial charge in [0, 0.05) is 17.8 Å². The number of anilines is 1. The average molecular weight is 335 g/mol. The van der Waals surface area contributed by atoms with E-state index in [9.17, 15) is 9.59 Å². The largest absolute Gasteiger partial charge is 0.480 e. The average Bonchev–Trinajstić information content (AvgIpc) is 2.47. The lowest BCUT2D eigenvalue weighted by molar-refractivity contribution is -0.139. The number of amides is 2. The molecule has 2 amide bonds. The predicted molar refractivity (Wildman–Crippen MR) is 96.4 cm³/mol. The van der Waals surface area contributed by atoms with Gasteiger partial charge in [0.2, 0.25) is 0 Å². The molecule has 0 aromatic heterocycles. The molecule has 0 unspecified atom stereocenters. The van der Waals surface area contributed by atoms with Gasteiger partial charge in [-0.3, -0.25) is 0 Å². The molecule has 0 bridgehead atoms. The summed E-state index contributed by atoms with van der Waals surface area (Å²) in [6.07, 6.45) is 1.81. The second-order valence-corrected chi connectivity index (χ2v) is 6.90. The highest BCUT2D eigenvalue weighted by atomic mass is 16.4. The first-order chi connectivity index (χ1) is 11.2. The molecule has 134 valence electrons. The lowest BCUT2D eigenvalue weighted by Crippen LogP contribution is -2.46. The first kappa shape index (κ1) is 19.8. The summed E-state index contributed by atoms with van der Waals surface area (Å²) in [6, 6.07) is 6.79. The van der Waals surface area contributed by atoms with Gasteiger partial charge in [-0.2, -0.15) is 0 Å². The normalized spacial score (nSPS) is 12.3. The fourth-order valence-electron chi connectivity index (χ4n) is 2.26. The molecule has 1 rings (SSSR count). The maximum atomic E-state index is 11.7. The summed E-state index contributed by atoms with van der Waals surface area (Å²) in [4.78, 5) is 22.7. The van der Waals surface area contributed by atoms with Crippen LogP contribution in [0.5, 0.6) is 0 Å². The van der Waals surface area contributed by atoms with E-state index in [1.54, 1.807) is 0 Å². The Labute approximate surface area is 144 Å². The van der Waals surface area contributed by atoms with E-state index in [0.717, 1.165) is 11.3 Å². The van der Waals surface area contributed by atoms with E-state index in [1.165, 1.54) is 0 Å². The van der Waals surface area contributed by atoms with Crippen molar-refractivity contribution in [2.24, 2.45) is 0 Å². The van der Waals surface area contributed by atoms with E-state index in [1.807, 2.05) is 31.2 Å². The van der Waals surface area contributed by atoms with Gasteiger partial charge in [-0.15, -0.1) is 0 Å². The Hall–Kier alpha value is -2.24. The molecular formula is C18H29N3O3. The Bertz CT molecular complexity index is 535. The Morgan fingerprint density at radius 2 is 1.79 bits per heavy atom. The minimum Gasteiger partial charge on any atom is -0.480 e. The summed E-state index contributed by atoms with van der Waals surface area (Å²) in [7, 11) is 0. The summed E-state index contributed by atoms with van der Waals surface area (Å²) < 4.78 is 0. The second-order valence-electron chi connectivity index (χ2n) is 6.90. The van der Waals surface area contributed by atoms with E-state index < -0.39 is 18.0 Å². The van der Waals surface area contributed by atoms with Crippen LogP contribution < -0.4 is 16.0 Å². The number of aliphatic carboxylic acids is 1. The lowest BCUT2D eigenvalue weighted by atomic mass is 10.1. The van der Waals surface area contributed by atoms with E-state index in [2.05, 4.69) is 36.7 Å². The molecule has 0 spiro atoms. The first-order valence-electron chi connectivity index (χ1n) is 8.35. The van der Waals surface area contributed by atoms with Gasteiger partial charge >= 0.3 is 12.0 Å². The smallest absolute Gasteiger partial charge is 0.326 e. The number of urea groups is 1. The minimum absolute atomic E-state index is 0.0142. The number of carbonyl (C=O) groups is 2. The SMILES string of the molecule is CCC[C@H](NC(=O)NCCc1ccc(NC(C)(C)C)cc1)C(=O)O. The third kappa shape index (κ3) is 7.85. The molecule has 0 saturated heterocycles. The zero-order valence-electron chi connectivity index (χ0n) is 15.0. The zero-order valence-corrected chi connectivity index (χ0v) is 15.0. The Balaban J connectivity index is 2.39. The molecule has 0 saturated carbocycles. The van der Waals surface area contributed by atoms with Crippen LogP contribution in [-0.2, 0) is 11.2 Å². The Morgan fingerprint density at radius 1 is 1.17 bits per heavy atom. The number of carboxylic acid groups (broad SMARTS) is 1. The van der Waals surface area contributed by atoms with Crippen molar-refractivity contribution in [3.8, 4) is 0 Å².